The number of rotatable bonds is 8. The van der Waals surface area contributed by atoms with Gasteiger partial charge in [0.1, 0.15) is 12.3 Å². The molecule has 0 unspecified atom stereocenters. The normalized spacial score (nSPS) is 11.3. The maximum Gasteiger partial charge on any atom is 0.242 e. The highest BCUT2D eigenvalue weighted by Gasteiger charge is 2.13. The molecule has 148 valence electrons. The molecule has 0 atom stereocenters. The van der Waals surface area contributed by atoms with E-state index in [0.29, 0.717) is 12.6 Å². The highest BCUT2D eigenvalue weighted by atomic mass is 127. The molecule has 0 saturated carbocycles. The predicted molar refractivity (Wildman–Crippen MR) is 119 cm³/mol. The van der Waals surface area contributed by atoms with Crippen LogP contribution < -0.4 is 20.7 Å². The largest absolute Gasteiger partial charge is 0.494 e. The fourth-order valence-electron chi connectivity index (χ4n) is 2.05. The molecule has 0 aliphatic carbocycles. The van der Waals surface area contributed by atoms with Crippen LogP contribution >= 0.6 is 24.0 Å². The molecule has 0 spiro atoms. The molecule has 0 aliphatic rings. The Morgan fingerprint density at radius 3 is 2.38 bits per heavy atom. The van der Waals surface area contributed by atoms with Gasteiger partial charge in [0.25, 0.3) is 0 Å². The number of hydrogen-bond acceptors (Lipinski definition) is 3. The molecule has 26 heavy (non-hydrogen) atoms. The van der Waals surface area contributed by atoms with E-state index in [2.05, 4.69) is 27.9 Å². The summed E-state index contributed by atoms with van der Waals surface area (Å²) in [5.41, 5.74) is 0.974. The number of aliphatic imine (C=N–C) groups is 1. The van der Waals surface area contributed by atoms with E-state index in [1.807, 2.05) is 52.0 Å². The van der Waals surface area contributed by atoms with Crippen molar-refractivity contribution in [2.45, 2.75) is 46.6 Å². The molecule has 1 rings (SSSR count). The molecule has 0 fully saturated rings. The predicted octanol–water partition coefficient (Wildman–Crippen LogP) is 2.85. The zero-order chi connectivity index (χ0) is 18.7. The summed E-state index contributed by atoms with van der Waals surface area (Å²) in [5.74, 6) is 1.43. The number of carbonyl (C=O) groups is 1. The number of carbonyl (C=O) groups excluding carboxylic acids is 1. The molecular weight excluding hydrogens is 443 g/mol. The van der Waals surface area contributed by atoms with E-state index in [0.717, 1.165) is 25.3 Å². The SMILES string of the molecule is CCNC(=NCC(=O)NC(C)(C)C)NCCCOc1ccc(C)cc1.I. The molecule has 7 heteroatoms. The summed E-state index contributed by atoms with van der Waals surface area (Å²) in [5, 5.41) is 9.24. The Balaban J connectivity index is 0.00000625. The van der Waals surface area contributed by atoms with Crippen molar-refractivity contribution in [3.63, 3.8) is 0 Å². The first-order valence-corrected chi connectivity index (χ1v) is 8.83. The summed E-state index contributed by atoms with van der Waals surface area (Å²) in [6, 6.07) is 8.02. The second-order valence-corrected chi connectivity index (χ2v) is 6.94. The van der Waals surface area contributed by atoms with Gasteiger partial charge in [0.15, 0.2) is 5.96 Å². The quantitative estimate of drug-likeness (QED) is 0.234. The highest BCUT2D eigenvalue weighted by molar-refractivity contribution is 14.0. The molecule has 3 N–H and O–H groups in total. The van der Waals surface area contributed by atoms with Crippen LogP contribution in [0.25, 0.3) is 0 Å². The molecular formula is C19H33IN4O2. The minimum absolute atomic E-state index is 0. The Labute approximate surface area is 174 Å². The molecule has 0 aliphatic heterocycles. The molecule has 0 saturated heterocycles. The van der Waals surface area contributed by atoms with Crippen LogP contribution in [0.3, 0.4) is 0 Å². The van der Waals surface area contributed by atoms with E-state index in [1.165, 1.54) is 5.56 Å². The van der Waals surface area contributed by atoms with Gasteiger partial charge in [-0.25, -0.2) is 4.99 Å². The second-order valence-electron chi connectivity index (χ2n) is 6.94. The average Bonchev–Trinajstić information content (AvgIpc) is 2.52. The van der Waals surface area contributed by atoms with Gasteiger partial charge in [-0.1, -0.05) is 17.7 Å². The van der Waals surface area contributed by atoms with Crippen LogP contribution in [0, 0.1) is 6.92 Å². The number of nitrogens with one attached hydrogen (secondary N) is 3. The maximum atomic E-state index is 11.8. The van der Waals surface area contributed by atoms with Crippen molar-refractivity contribution >= 4 is 35.8 Å². The molecule has 1 amide bonds. The van der Waals surface area contributed by atoms with Crippen LogP contribution in [0.4, 0.5) is 0 Å². The Morgan fingerprint density at radius 1 is 1.15 bits per heavy atom. The van der Waals surface area contributed by atoms with E-state index in [4.69, 9.17) is 4.74 Å². The summed E-state index contributed by atoms with van der Waals surface area (Å²) in [6.07, 6.45) is 0.840. The Hall–Kier alpha value is -1.51. The van der Waals surface area contributed by atoms with Gasteiger partial charge in [0.2, 0.25) is 5.91 Å². The van der Waals surface area contributed by atoms with Crippen molar-refractivity contribution in [3.8, 4) is 5.75 Å². The molecule has 0 heterocycles. The lowest BCUT2D eigenvalue weighted by Gasteiger charge is -2.20. The Kier molecular flexibility index (Phi) is 12.0. The number of ether oxygens (including phenoxy) is 1. The summed E-state index contributed by atoms with van der Waals surface area (Å²) in [6.45, 7) is 12.1. The van der Waals surface area contributed by atoms with Gasteiger partial charge in [-0.15, -0.1) is 24.0 Å². The molecule has 0 aromatic heterocycles. The monoisotopic (exact) mass is 476 g/mol. The summed E-state index contributed by atoms with van der Waals surface area (Å²) >= 11 is 0. The van der Waals surface area contributed by atoms with Gasteiger partial charge in [-0.05, 0) is 53.2 Å². The summed E-state index contributed by atoms with van der Waals surface area (Å²) in [7, 11) is 0. The zero-order valence-electron chi connectivity index (χ0n) is 16.5. The molecule has 6 nitrogen and oxygen atoms in total. The van der Waals surface area contributed by atoms with Gasteiger partial charge in [-0.2, -0.15) is 0 Å². The van der Waals surface area contributed by atoms with Crippen LogP contribution in [0.5, 0.6) is 5.75 Å². The van der Waals surface area contributed by atoms with E-state index in [1.54, 1.807) is 0 Å². The van der Waals surface area contributed by atoms with Crippen LogP contribution in [0.15, 0.2) is 29.3 Å². The number of halogens is 1. The number of amides is 1. The van der Waals surface area contributed by atoms with Crippen LogP contribution in [-0.2, 0) is 4.79 Å². The van der Waals surface area contributed by atoms with Crippen molar-refractivity contribution in [2.75, 3.05) is 26.2 Å². The fourth-order valence-corrected chi connectivity index (χ4v) is 2.05. The van der Waals surface area contributed by atoms with E-state index < -0.39 is 0 Å². The fraction of sp³-hybridized carbons (Fsp3) is 0.579. The highest BCUT2D eigenvalue weighted by Crippen LogP contribution is 2.11. The van der Waals surface area contributed by atoms with Crippen molar-refractivity contribution < 1.29 is 9.53 Å². The molecule has 0 radical (unpaired) electrons. The topological polar surface area (TPSA) is 74.8 Å². The number of guanidine groups is 1. The van der Waals surface area contributed by atoms with Gasteiger partial charge in [0, 0.05) is 18.6 Å². The minimum Gasteiger partial charge on any atom is -0.494 e. The molecule has 1 aromatic carbocycles. The van der Waals surface area contributed by atoms with Crippen molar-refractivity contribution in [3.05, 3.63) is 29.8 Å². The first-order chi connectivity index (χ1) is 11.8. The third-order valence-corrected chi connectivity index (χ3v) is 3.14. The van der Waals surface area contributed by atoms with E-state index in [-0.39, 0.29) is 42.0 Å². The Morgan fingerprint density at radius 2 is 1.81 bits per heavy atom. The standard InChI is InChI=1S/C19H32N4O2.HI/c1-6-20-18(22-14-17(24)23-19(3,4)5)21-12-7-13-25-16-10-8-15(2)9-11-16;/h8-11H,6-7,12-14H2,1-5H3,(H,23,24)(H2,20,21,22);1H. The van der Waals surface area contributed by atoms with Crippen LogP contribution in [0.2, 0.25) is 0 Å². The van der Waals surface area contributed by atoms with Gasteiger partial charge in [-0.3, -0.25) is 4.79 Å². The van der Waals surface area contributed by atoms with Crippen molar-refractivity contribution in [2.24, 2.45) is 4.99 Å². The average molecular weight is 476 g/mol. The third kappa shape index (κ3) is 11.9. The first kappa shape index (κ1) is 24.5. The van der Waals surface area contributed by atoms with Crippen molar-refractivity contribution in [1.82, 2.24) is 16.0 Å². The number of benzene rings is 1. The smallest absolute Gasteiger partial charge is 0.242 e. The zero-order valence-corrected chi connectivity index (χ0v) is 18.8. The van der Waals surface area contributed by atoms with Gasteiger partial charge >= 0.3 is 0 Å². The Bertz CT molecular complexity index is 554. The van der Waals surface area contributed by atoms with Gasteiger partial charge < -0.3 is 20.7 Å². The molecule has 0 bridgehead atoms. The first-order valence-electron chi connectivity index (χ1n) is 8.83. The van der Waals surface area contributed by atoms with Crippen LogP contribution in [0.1, 0.15) is 39.7 Å². The third-order valence-electron chi connectivity index (χ3n) is 3.14. The lowest BCUT2D eigenvalue weighted by Crippen LogP contribution is -2.43. The lowest BCUT2D eigenvalue weighted by atomic mass is 10.1. The van der Waals surface area contributed by atoms with Crippen molar-refractivity contribution in [1.29, 1.82) is 0 Å². The minimum atomic E-state index is -0.244. The van der Waals surface area contributed by atoms with Gasteiger partial charge in [0.05, 0.1) is 6.61 Å². The van der Waals surface area contributed by atoms with Crippen LogP contribution in [-0.4, -0.2) is 43.6 Å². The number of aryl methyl sites for hydroxylation is 1. The summed E-state index contributed by atoms with van der Waals surface area (Å²) < 4.78 is 5.69. The van der Waals surface area contributed by atoms with E-state index >= 15 is 0 Å². The maximum absolute atomic E-state index is 11.8. The molecule has 1 aromatic rings. The van der Waals surface area contributed by atoms with E-state index in [9.17, 15) is 4.79 Å². The number of hydrogen-bond donors (Lipinski definition) is 3. The lowest BCUT2D eigenvalue weighted by molar-refractivity contribution is -0.121. The number of nitrogens with zero attached hydrogens (tertiary/aromatic N) is 1. The second kappa shape index (κ2) is 12.8. The summed E-state index contributed by atoms with van der Waals surface area (Å²) in [4.78, 5) is 16.1.